The van der Waals surface area contributed by atoms with Gasteiger partial charge >= 0.3 is 6.18 Å². The molecule has 1 amide bonds. The molecule has 1 N–H and O–H groups in total. The first-order valence-electron chi connectivity index (χ1n) is 9.72. The molecule has 164 valence electrons. The van der Waals surface area contributed by atoms with E-state index in [1.807, 2.05) is 31.0 Å². The Labute approximate surface area is 174 Å². The van der Waals surface area contributed by atoms with E-state index in [1.54, 1.807) is 26.1 Å². The normalized spacial score (nSPS) is 16.2. The third-order valence-corrected chi connectivity index (χ3v) is 4.51. The van der Waals surface area contributed by atoms with Crippen molar-refractivity contribution >= 4 is 12.1 Å². The zero-order valence-electron chi connectivity index (χ0n) is 17.7. The van der Waals surface area contributed by atoms with E-state index in [4.69, 9.17) is 0 Å². The second kappa shape index (κ2) is 9.32. The maximum absolute atomic E-state index is 12.8. The number of alkyl halides is 3. The lowest BCUT2D eigenvalue weighted by Crippen LogP contribution is -2.48. The maximum atomic E-state index is 12.8. The van der Waals surface area contributed by atoms with Crippen LogP contribution in [-0.2, 0) is 17.5 Å². The van der Waals surface area contributed by atoms with Crippen LogP contribution < -0.4 is 5.32 Å². The van der Waals surface area contributed by atoms with Crippen molar-refractivity contribution < 1.29 is 18.0 Å². The van der Waals surface area contributed by atoms with Crippen LogP contribution in [0, 0.1) is 5.92 Å². The highest BCUT2D eigenvalue weighted by Crippen LogP contribution is 2.29. The van der Waals surface area contributed by atoms with E-state index in [1.165, 1.54) is 4.68 Å². The van der Waals surface area contributed by atoms with Crippen LogP contribution in [0.2, 0.25) is 0 Å². The fourth-order valence-corrected chi connectivity index (χ4v) is 3.08. The van der Waals surface area contributed by atoms with E-state index in [9.17, 15) is 18.0 Å². The van der Waals surface area contributed by atoms with Gasteiger partial charge in [-0.2, -0.15) is 18.3 Å². The van der Waals surface area contributed by atoms with Crippen molar-refractivity contribution in [2.75, 3.05) is 0 Å². The van der Waals surface area contributed by atoms with E-state index in [0.717, 1.165) is 24.5 Å². The van der Waals surface area contributed by atoms with Gasteiger partial charge in [0.2, 0.25) is 5.91 Å². The summed E-state index contributed by atoms with van der Waals surface area (Å²) in [5.41, 5.74) is -0.684. The Morgan fingerprint density at radius 1 is 1.37 bits per heavy atom. The molecule has 0 radical (unpaired) electrons. The van der Waals surface area contributed by atoms with Crippen LogP contribution in [-0.4, -0.2) is 32.3 Å². The Bertz CT molecular complexity index is 864. The standard InChI is InChI=1S/C21H28F3N5O/c1-6-8-18(29-10-7-9-25-16(29)3)11-15(2)19(30)27-20(4,5)14-28-13-17(12-26-28)21(22,23)24/h7-10,12-13,15H,3,6,11,14H2,1-2,4-5H3,(H,27,30)/b18-8-. The van der Waals surface area contributed by atoms with Crippen molar-refractivity contribution in [3.8, 4) is 0 Å². The van der Waals surface area contributed by atoms with Crippen molar-refractivity contribution in [3.05, 3.63) is 54.4 Å². The molecule has 0 bridgehead atoms. The summed E-state index contributed by atoms with van der Waals surface area (Å²) in [6.07, 6.45) is 5.85. The number of hydrogen-bond acceptors (Lipinski definition) is 4. The lowest BCUT2D eigenvalue weighted by Gasteiger charge is -2.30. The average molecular weight is 423 g/mol. The third-order valence-electron chi connectivity index (χ3n) is 4.51. The first kappa shape index (κ1) is 23.4. The van der Waals surface area contributed by atoms with Gasteiger partial charge in [-0.05, 0) is 32.8 Å². The number of nitrogens with one attached hydrogen (secondary N) is 1. The number of hydrogen-bond donors (Lipinski definition) is 1. The highest BCUT2D eigenvalue weighted by atomic mass is 19.4. The number of carbonyl (C=O) groups excluding carboxylic acids is 1. The Hall–Kier alpha value is -2.84. The molecular weight excluding hydrogens is 395 g/mol. The first-order chi connectivity index (χ1) is 13.9. The third kappa shape index (κ3) is 6.33. The van der Waals surface area contributed by atoms with Crippen molar-refractivity contribution in [1.29, 1.82) is 0 Å². The van der Waals surface area contributed by atoms with Gasteiger partial charge in [-0.1, -0.05) is 26.5 Å². The van der Waals surface area contributed by atoms with Crippen molar-refractivity contribution in [3.63, 3.8) is 0 Å². The number of halogens is 3. The Balaban J connectivity index is 2.01. The van der Waals surface area contributed by atoms with Crippen LogP contribution in [0.15, 0.2) is 53.8 Å². The molecule has 1 unspecified atom stereocenters. The molecule has 1 aliphatic heterocycles. The predicted molar refractivity (Wildman–Crippen MR) is 110 cm³/mol. The SMILES string of the molecule is C=C1N=CC=CN1/C(=C\CC)CC(C)C(=O)NC(C)(C)Cn1cc(C(F)(F)F)cn1. The topological polar surface area (TPSA) is 62.5 Å². The van der Waals surface area contributed by atoms with E-state index < -0.39 is 17.3 Å². The smallest absolute Gasteiger partial charge is 0.349 e. The zero-order chi connectivity index (χ0) is 22.5. The molecule has 2 rings (SSSR count). The van der Waals surface area contributed by atoms with Gasteiger partial charge in [-0.25, -0.2) is 4.99 Å². The average Bonchev–Trinajstić information content (AvgIpc) is 3.09. The number of nitrogens with zero attached hydrogens (tertiary/aromatic N) is 4. The molecular formula is C21H28F3N5O. The fourth-order valence-electron chi connectivity index (χ4n) is 3.08. The number of rotatable bonds is 8. The molecule has 1 aliphatic rings. The van der Waals surface area contributed by atoms with E-state index in [0.29, 0.717) is 12.2 Å². The molecule has 2 heterocycles. The van der Waals surface area contributed by atoms with Crippen LogP contribution in [0.5, 0.6) is 0 Å². The minimum Gasteiger partial charge on any atom is -0.349 e. The molecule has 1 aromatic heterocycles. The maximum Gasteiger partial charge on any atom is 0.419 e. The molecule has 30 heavy (non-hydrogen) atoms. The van der Waals surface area contributed by atoms with Crippen molar-refractivity contribution in [2.45, 2.75) is 58.8 Å². The molecule has 0 aliphatic carbocycles. The molecule has 1 atom stereocenters. The largest absolute Gasteiger partial charge is 0.419 e. The summed E-state index contributed by atoms with van der Waals surface area (Å²) in [6.45, 7) is 11.3. The summed E-state index contributed by atoms with van der Waals surface area (Å²) in [7, 11) is 0. The summed E-state index contributed by atoms with van der Waals surface area (Å²) in [5.74, 6) is 0.0159. The van der Waals surface area contributed by atoms with Gasteiger partial charge in [0.1, 0.15) is 5.82 Å². The minimum absolute atomic E-state index is 0.111. The highest BCUT2D eigenvalue weighted by Gasteiger charge is 2.33. The van der Waals surface area contributed by atoms with Crippen LogP contribution in [0.4, 0.5) is 13.2 Å². The minimum atomic E-state index is -4.45. The highest BCUT2D eigenvalue weighted by molar-refractivity contribution is 5.79. The van der Waals surface area contributed by atoms with Crippen LogP contribution in [0.1, 0.15) is 46.1 Å². The predicted octanol–water partition coefficient (Wildman–Crippen LogP) is 4.49. The Morgan fingerprint density at radius 2 is 2.07 bits per heavy atom. The van der Waals surface area contributed by atoms with Gasteiger partial charge < -0.3 is 10.2 Å². The molecule has 0 spiro atoms. The number of carbonyl (C=O) groups is 1. The van der Waals surface area contributed by atoms with Crippen LogP contribution >= 0.6 is 0 Å². The van der Waals surface area contributed by atoms with Gasteiger partial charge in [0.05, 0.1) is 23.8 Å². The zero-order valence-corrected chi connectivity index (χ0v) is 17.7. The van der Waals surface area contributed by atoms with Gasteiger partial charge in [0, 0.05) is 30.2 Å². The fraction of sp³-hybridized carbons (Fsp3) is 0.476. The van der Waals surface area contributed by atoms with Gasteiger partial charge in [0.15, 0.2) is 0 Å². The number of aromatic nitrogens is 2. The molecule has 0 saturated heterocycles. The quantitative estimate of drug-likeness (QED) is 0.670. The molecule has 0 saturated carbocycles. The van der Waals surface area contributed by atoms with E-state index in [2.05, 4.69) is 22.0 Å². The summed E-state index contributed by atoms with van der Waals surface area (Å²) in [4.78, 5) is 18.8. The van der Waals surface area contributed by atoms with Crippen molar-refractivity contribution in [2.24, 2.45) is 10.9 Å². The molecule has 1 aromatic rings. The lowest BCUT2D eigenvalue weighted by atomic mass is 9.99. The second-order valence-corrected chi connectivity index (χ2v) is 7.91. The monoisotopic (exact) mass is 423 g/mol. The Kier molecular flexibility index (Phi) is 7.28. The van der Waals surface area contributed by atoms with Gasteiger partial charge in [-0.3, -0.25) is 9.48 Å². The van der Waals surface area contributed by atoms with Crippen molar-refractivity contribution in [1.82, 2.24) is 20.0 Å². The Morgan fingerprint density at radius 3 is 2.63 bits per heavy atom. The van der Waals surface area contributed by atoms with Crippen LogP contribution in [0.25, 0.3) is 0 Å². The molecule has 9 heteroatoms. The molecule has 0 aromatic carbocycles. The number of aliphatic imine (C=N–C) groups is 1. The van der Waals surface area contributed by atoms with Crippen LogP contribution in [0.3, 0.4) is 0 Å². The lowest BCUT2D eigenvalue weighted by molar-refractivity contribution is -0.137. The number of amides is 1. The van der Waals surface area contributed by atoms with E-state index in [-0.39, 0.29) is 18.4 Å². The summed E-state index contributed by atoms with van der Waals surface area (Å²) in [5, 5.41) is 6.68. The van der Waals surface area contributed by atoms with E-state index >= 15 is 0 Å². The number of allylic oxidation sites excluding steroid dienone is 3. The van der Waals surface area contributed by atoms with Gasteiger partial charge in [-0.15, -0.1) is 0 Å². The summed E-state index contributed by atoms with van der Waals surface area (Å²) in [6, 6.07) is 0. The molecule has 0 fully saturated rings. The summed E-state index contributed by atoms with van der Waals surface area (Å²) < 4.78 is 39.5. The first-order valence-corrected chi connectivity index (χ1v) is 9.72. The summed E-state index contributed by atoms with van der Waals surface area (Å²) >= 11 is 0. The second-order valence-electron chi connectivity index (χ2n) is 7.91. The molecule has 6 nitrogen and oxygen atoms in total. The van der Waals surface area contributed by atoms with Gasteiger partial charge in [0.25, 0.3) is 0 Å².